The Morgan fingerprint density at radius 1 is 1.19 bits per heavy atom. The maximum absolute atomic E-state index is 12.1. The molecule has 0 radical (unpaired) electrons. The van der Waals surface area contributed by atoms with Gasteiger partial charge in [0.2, 0.25) is 5.91 Å². The highest BCUT2D eigenvalue weighted by atomic mass is 16.3. The Kier molecular flexibility index (Phi) is 5.30. The van der Waals surface area contributed by atoms with E-state index >= 15 is 0 Å². The summed E-state index contributed by atoms with van der Waals surface area (Å²) >= 11 is 0. The largest absolute Gasteiger partial charge is 0.505 e. The Balaban J connectivity index is 2.36. The molecule has 0 aliphatic heterocycles. The SMILES string of the molecule is CC[C@@H](Nc1c(Nc2cccc(C(=O)N(C)C)c2O)c(=O)c1=O)C(N)=O. The maximum atomic E-state index is 12.1. The minimum absolute atomic E-state index is 0.0387. The lowest BCUT2D eigenvalue weighted by molar-refractivity contribution is -0.118. The van der Waals surface area contributed by atoms with Crippen LogP contribution in [0.4, 0.5) is 17.1 Å². The molecule has 0 spiro atoms. The molecule has 0 aromatic heterocycles. The highest BCUT2D eigenvalue weighted by molar-refractivity contribution is 5.99. The third-order valence-electron chi connectivity index (χ3n) is 3.91. The molecule has 2 aromatic carbocycles. The normalized spacial score (nSPS) is 11.8. The van der Waals surface area contributed by atoms with Crippen molar-refractivity contribution >= 4 is 28.9 Å². The smallest absolute Gasteiger partial charge is 0.257 e. The van der Waals surface area contributed by atoms with Crippen LogP contribution in [-0.2, 0) is 4.79 Å². The number of hydrogen-bond donors (Lipinski definition) is 4. The predicted molar refractivity (Wildman–Crippen MR) is 97.7 cm³/mol. The molecule has 0 aliphatic rings. The zero-order valence-corrected chi connectivity index (χ0v) is 14.6. The number of para-hydroxylation sites is 1. The molecule has 26 heavy (non-hydrogen) atoms. The predicted octanol–water partition coefficient (Wildman–Crippen LogP) is 0.109. The Hall–Kier alpha value is -3.36. The van der Waals surface area contributed by atoms with E-state index in [0.29, 0.717) is 6.42 Å². The van der Waals surface area contributed by atoms with Crippen molar-refractivity contribution in [3.8, 4) is 5.75 Å². The summed E-state index contributed by atoms with van der Waals surface area (Å²) in [5.41, 5.74) is 3.60. The van der Waals surface area contributed by atoms with Crippen LogP contribution in [0, 0.1) is 0 Å². The quantitative estimate of drug-likeness (QED) is 0.405. The molecule has 0 heterocycles. The zero-order chi connectivity index (χ0) is 19.6. The van der Waals surface area contributed by atoms with E-state index in [4.69, 9.17) is 5.73 Å². The number of aromatic hydroxyl groups is 1. The molecule has 2 rings (SSSR count). The highest BCUT2D eigenvalue weighted by Crippen LogP contribution is 2.32. The molecule has 5 N–H and O–H groups in total. The number of phenolic OH excluding ortho intramolecular Hbond substituents is 1. The molecule has 9 nitrogen and oxygen atoms in total. The summed E-state index contributed by atoms with van der Waals surface area (Å²) in [4.78, 5) is 48.4. The van der Waals surface area contributed by atoms with E-state index in [1.165, 1.54) is 37.2 Å². The molecule has 138 valence electrons. The second-order valence-corrected chi connectivity index (χ2v) is 5.94. The van der Waals surface area contributed by atoms with Gasteiger partial charge in [0.05, 0.1) is 11.3 Å². The first-order valence-corrected chi connectivity index (χ1v) is 7.88. The number of anilines is 3. The third-order valence-corrected chi connectivity index (χ3v) is 3.91. The summed E-state index contributed by atoms with van der Waals surface area (Å²) in [6.45, 7) is 1.70. The summed E-state index contributed by atoms with van der Waals surface area (Å²) in [7, 11) is 3.07. The van der Waals surface area contributed by atoms with Crippen LogP contribution in [0.25, 0.3) is 0 Å². The first kappa shape index (κ1) is 19.0. The molecule has 0 aliphatic carbocycles. The number of nitrogens with zero attached hydrogens (tertiary/aromatic N) is 1. The number of rotatable bonds is 7. The Bertz CT molecular complexity index is 928. The number of carbonyl (C=O) groups excluding carboxylic acids is 2. The van der Waals surface area contributed by atoms with Gasteiger partial charge in [0.1, 0.15) is 17.4 Å². The van der Waals surface area contributed by atoms with Crippen LogP contribution in [-0.4, -0.2) is 42.0 Å². The molecule has 0 saturated heterocycles. The van der Waals surface area contributed by atoms with Gasteiger partial charge in [-0.1, -0.05) is 13.0 Å². The molecule has 0 fully saturated rings. The molecular weight excluding hydrogens is 340 g/mol. The van der Waals surface area contributed by atoms with Gasteiger partial charge in [-0.2, -0.15) is 0 Å². The lowest BCUT2D eigenvalue weighted by Crippen LogP contribution is -2.42. The number of benzene rings is 1. The van der Waals surface area contributed by atoms with Gasteiger partial charge in [-0.3, -0.25) is 19.2 Å². The average molecular weight is 360 g/mol. The van der Waals surface area contributed by atoms with E-state index in [2.05, 4.69) is 10.6 Å². The third kappa shape index (κ3) is 3.37. The van der Waals surface area contributed by atoms with Crippen molar-refractivity contribution in [2.75, 3.05) is 24.7 Å². The van der Waals surface area contributed by atoms with Crippen molar-refractivity contribution in [1.29, 1.82) is 0 Å². The van der Waals surface area contributed by atoms with Crippen LogP contribution in [0.3, 0.4) is 0 Å². The molecular formula is C17H20N4O5. The highest BCUT2D eigenvalue weighted by Gasteiger charge is 2.26. The molecule has 0 saturated carbocycles. The molecule has 0 unspecified atom stereocenters. The summed E-state index contributed by atoms with van der Waals surface area (Å²) in [5.74, 6) is -1.44. The Labute approximate surface area is 149 Å². The fourth-order valence-electron chi connectivity index (χ4n) is 2.39. The second-order valence-electron chi connectivity index (χ2n) is 5.94. The number of amides is 2. The lowest BCUT2D eigenvalue weighted by Gasteiger charge is -2.20. The summed E-state index contributed by atoms with van der Waals surface area (Å²) in [5, 5.41) is 15.6. The van der Waals surface area contributed by atoms with E-state index in [-0.39, 0.29) is 28.4 Å². The van der Waals surface area contributed by atoms with Crippen LogP contribution >= 0.6 is 0 Å². The minimum atomic E-state index is -0.811. The van der Waals surface area contributed by atoms with E-state index in [9.17, 15) is 24.3 Å². The van der Waals surface area contributed by atoms with E-state index in [1.807, 2.05) is 0 Å². The van der Waals surface area contributed by atoms with Crippen LogP contribution in [0.5, 0.6) is 5.75 Å². The van der Waals surface area contributed by atoms with Crippen molar-refractivity contribution in [1.82, 2.24) is 4.90 Å². The van der Waals surface area contributed by atoms with E-state index in [1.54, 1.807) is 6.92 Å². The van der Waals surface area contributed by atoms with Crippen molar-refractivity contribution in [3.63, 3.8) is 0 Å². The van der Waals surface area contributed by atoms with Gasteiger partial charge in [0.15, 0.2) is 5.75 Å². The molecule has 0 bridgehead atoms. The Morgan fingerprint density at radius 3 is 2.35 bits per heavy atom. The average Bonchev–Trinajstić information content (AvgIpc) is 2.60. The topological polar surface area (TPSA) is 142 Å². The van der Waals surface area contributed by atoms with Gasteiger partial charge in [-0.15, -0.1) is 0 Å². The monoisotopic (exact) mass is 360 g/mol. The maximum Gasteiger partial charge on any atom is 0.257 e. The van der Waals surface area contributed by atoms with Gasteiger partial charge in [-0.05, 0) is 18.6 Å². The van der Waals surface area contributed by atoms with Crippen molar-refractivity contribution in [2.24, 2.45) is 5.73 Å². The van der Waals surface area contributed by atoms with Crippen molar-refractivity contribution in [3.05, 3.63) is 44.2 Å². The Morgan fingerprint density at radius 2 is 1.81 bits per heavy atom. The fourth-order valence-corrected chi connectivity index (χ4v) is 2.39. The first-order chi connectivity index (χ1) is 12.2. The number of phenols is 1. The molecule has 1 atom stereocenters. The summed E-state index contributed by atoms with van der Waals surface area (Å²) in [6.07, 6.45) is 0.325. The number of nitrogens with one attached hydrogen (secondary N) is 2. The zero-order valence-electron chi connectivity index (χ0n) is 14.6. The fraction of sp³-hybridized carbons (Fsp3) is 0.294. The lowest BCUT2D eigenvalue weighted by atomic mass is 10.1. The van der Waals surface area contributed by atoms with Gasteiger partial charge in [-0.25, -0.2) is 0 Å². The van der Waals surface area contributed by atoms with Crippen LogP contribution < -0.4 is 27.2 Å². The summed E-state index contributed by atoms with van der Waals surface area (Å²) < 4.78 is 0. The molecule has 2 aromatic rings. The number of nitrogens with two attached hydrogens (primary N) is 1. The van der Waals surface area contributed by atoms with Crippen molar-refractivity contribution < 1.29 is 14.7 Å². The summed E-state index contributed by atoms with van der Waals surface area (Å²) in [6, 6.07) is 3.60. The molecule has 2 amide bonds. The van der Waals surface area contributed by atoms with Gasteiger partial charge in [0.25, 0.3) is 16.8 Å². The minimum Gasteiger partial charge on any atom is -0.505 e. The van der Waals surface area contributed by atoms with E-state index in [0.717, 1.165) is 0 Å². The number of primary amides is 1. The number of hydrogen-bond acceptors (Lipinski definition) is 7. The van der Waals surface area contributed by atoms with Crippen molar-refractivity contribution in [2.45, 2.75) is 19.4 Å². The van der Waals surface area contributed by atoms with Gasteiger partial charge >= 0.3 is 0 Å². The second kappa shape index (κ2) is 7.26. The van der Waals surface area contributed by atoms with Crippen LogP contribution in [0.1, 0.15) is 23.7 Å². The van der Waals surface area contributed by atoms with Crippen LogP contribution in [0.15, 0.2) is 27.8 Å². The number of carbonyl (C=O) groups is 2. The standard InChI is InChI=1S/C17H20N4O5/c1-4-9(16(18)25)19-11-12(15(24)14(11)23)20-10-7-5-6-8(13(10)22)17(26)21(2)3/h5-7,9,19-20,22H,4H2,1-3H3,(H2,18,25)/t9-/m1/s1. The van der Waals surface area contributed by atoms with E-state index < -0.39 is 28.7 Å². The first-order valence-electron chi connectivity index (χ1n) is 7.88. The van der Waals surface area contributed by atoms with Crippen LogP contribution in [0.2, 0.25) is 0 Å². The molecule has 9 heteroatoms. The van der Waals surface area contributed by atoms with Gasteiger partial charge in [0, 0.05) is 14.1 Å². The van der Waals surface area contributed by atoms with Gasteiger partial charge < -0.3 is 26.4 Å².